The molecule has 2 unspecified atom stereocenters. The second-order valence-electron chi connectivity index (χ2n) is 5.46. The Kier molecular flexibility index (Phi) is 8.05. The molecule has 0 aliphatic rings. The maximum absolute atomic E-state index is 10.00. The molecule has 3 N–H and O–H groups in total. The molecule has 4 nitrogen and oxygen atoms in total. The van der Waals surface area contributed by atoms with Crippen LogP contribution in [0.25, 0.3) is 0 Å². The summed E-state index contributed by atoms with van der Waals surface area (Å²) in [5, 5.41) is 23.0. The van der Waals surface area contributed by atoms with Crippen LogP contribution in [0.15, 0.2) is 22.7 Å². The number of aryl methyl sites for hydroxylation is 1. The molecule has 0 aliphatic carbocycles. The molecule has 0 aliphatic heterocycles. The van der Waals surface area contributed by atoms with Crippen molar-refractivity contribution >= 4 is 27.7 Å². The minimum atomic E-state index is -0.764. The summed E-state index contributed by atoms with van der Waals surface area (Å²) in [6, 6.07) is 5.81. The molecule has 0 heterocycles. The largest absolute Gasteiger partial charge is 0.490 e. The van der Waals surface area contributed by atoms with Gasteiger partial charge in [0.2, 0.25) is 0 Å². The van der Waals surface area contributed by atoms with Crippen LogP contribution >= 0.6 is 27.7 Å². The number of nitrogens with one attached hydrogen (secondary N) is 1. The van der Waals surface area contributed by atoms with E-state index in [0.717, 1.165) is 10.0 Å². The quantitative estimate of drug-likeness (QED) is 0.615. The summed E-state index contributed by atoms with van der Waals surface area (Å²) in [7, 11) is 0. The molecule has 0 saturated heterocycles. The second-order valence-corrected chi connectivity index (χ2v) is 7.18. The van der Waals surface area contributed by atoms with Crippen molar-refractivity contribution in [2.45, 2.75) is 25.6 Å². The van der Waals surface area contributed by atoms with Crippen LogP contribution in [-0.2, 0) is 0 Å². The van der Waals surface area contributed by atoms with Crippen molar-refractivity contribution in [2.75, 3.05) is 31.7 Å². The highest BCUT2D eigenvalue weighted by Crippen LogP contribution is 2.25. The van der Waals surface area contributed by atoms with Crippen LogP contribution in [0.4, 0.5) is 0 Å². The number of ether oxygens (including phenoxy) is 1. The molecule has 2 atom stereocenters. The van der Waals surface area contributed by atoms with Crippen LogP contribution in [0.2, 0.25) is 0 Å². The van der Waals surface area contributed by atoms with Gasteiger partial charge in [-0.3, -0.25) is 0 Å². The van der Waals surface area contributed by atoms with E-state index in [4.69, 9.17) is 4.74 Å². The van der Waals surface area contributed by atoms with E-state index < -0.39 is 11.7 Å². The van der Waals surface area contributed by atoms with E-state index in [1.165, 1.54) is 0 Å². The van der Waals surface area contributed by atoms with Gasteiger partial charge in [0.25, 0.3) is 0 Å². The Hall–Kier alpha value is -0.270. The molecule has 6 heteroatoms. The Balaban J connectivity index is 2.29. The Bertz CT molecular complexity index is 443. The summed E-state index contributed by atoms with van der Waals surface area (Å²) in [4.78, 5) is 0. The topological polar surface area (TPSA) is 61.7 Å². The van der Waals surface area contributed by atoms with Gasteiger partial charge in [0.15, 0.2) is 0 Å². The zero-order valence-corrected chi connectivity index (χ0v) is 15.1. The fourth-order valence-corrected chi connectivity index (χ4v) is 3.17. The molecule has 0 amide bonds. The van der Waals surface area contributed by atoms with Crippen LogP contribution in [0.1, 0.15) is 12.5 Å². The van der Waals surface area contributed by atoms with Gasteiger partial charge in [0.1, 0.15) is 18.5 Å². The summed E-state index contributed by atoms with van der Waals surface area (Å²) in [6.45, 7) is 4.82. The number of aliphatic hydroxyl groups is 2. The lowest BCUT2D eigenvalue weighted by molar-refractivity contribution is 0.0700. The van der Waals surface area contributed by atoms with Gasteiger partial charge in [0.05, 0.1) is 10.1 Å². The molecule has 0 aromatic heterocycles. The minimum absolute atomic E-state index is 0.208. The predicted molar refractivity (Wildman–Crippen MR) is 92.3 cm³/mol. The van der Waals surface area contributed by atoms with Crippen LogP contribution in [0.5, 0.6) is 5.75 Å². The standard InChI is InChI=1S/C15H24BrNO3S/c1-11-4-5-14(13(16)6-11)20-8-12(18)7-17-9-15(2,19)10-21-3/h4-6,12,17-19H,7-10H2,1-3H3. The molecular formula is C15H24BrNO3S. The first kappa shape index (κ1) is 18.8. The van der Waals surface area contributed by atoms with Gasteiger partial charge in [-0.05, 0) is 53.7 Å². The van der Waals surface area contributed by atoms with Gasteiger partial charge >= 0.3 is 0 Å². The molecule has 1 aromatic carbocycles. The lowest BCUT2D eigenvalue weighted by Crippen LogP contribution is -2.43. The van der Waals surface area contributed by atoms with Gasteiger partial charge in [-0.15, -0.1) is 0 Å². The highest BCUT2D eigenvalue weighted by atomic mass is 79.9. The fraction of sp³-hybridized carbons (Fsp3) is 0.600. The number of halogens is 1. The van der Waals surface area contributed by atoms with E-state index in [0.29, 0.717) is 24.6 Å². The Labute approximate surface area is 139 Å². The average Bonchev–Trinajstić information content (AvgIpc) is 2.37. The summed E-state index contributed by atoms with van der Waals surface area (Å²) >= 11 is 5.03. The summed E-state index contributed by atoms with van der Waals surface area (Å²) in [5.74, 6) is 1.37. The number of hydrogen-bond donors (Lipinski definition) is 3. The molecule has 0 saturated carbocycles. The first-order valence-electron chi connectivity index (χ1n) is 6.83. The van der Waals surface area contributed by atoms with Gasteiger partial charge in [0, 0.05) is 18.8 Å². The third kappa shape index (κ3) is 7.51. The number of benzene rings is 1. The monoisotopic (exact) mass is 377 g/mol. The first-order valence-corrected chi connectivity index (χ1v) is 9.02. The Morgan fingerprint density at radius 2 is 2.19 bits per heavy atom. The maximum Gasteiger partial charge on any atom is 0.133 e. The van der Waals surface area contributed by atoms with Gasteiger partial charge < -0.3 is 20.3 Å². The van der Waals surface area contributed by atoms with Crippen molar-refractivity contribution in [3.05, 3.63) is 28.2 Å². The highest BCUT2D eigenvalue weighted by Gasteiger charge is 2.19. The van der Waals surface area contributed by atoms with Crippen LogP contribution in [0.3, 0.4) is 0 Å². The highest BCUT2D eigenvalue weighted by molar-refractivity contribution is 9.10. The predicted octanol–water partition coefficient (Wildman–Crippen LogP) is 2.20. The lowest BCUT2D eigenvalue weighted by Gasteiger charge is -2.23. The second kappa shape index (κ2) is 9.00. The lowest BCUT2D eigenvalue weighted by atomic mass is 10.1. The van der Waals surface area contributed by atoms with Crippen LogP contribution in [0, 0.1) is 6.92 Å². The fourth-order valence-electron chi connectivity index (χ4n) is 1.84. The summed E-state index contributed by atoms with van der Waals surface area (Å²) in [5.41, 5.74) is 0.382. The van der Waals surface area contributed by atoms with E-state index in [1.807, 2.05) is 31.4 Å². The zero-order valence-electron chi connectivity index (χ0n) is 12.7. The third-order valence-electron chi connectivity index (χ3n) is 2.86. The molecule has 1 rings (SSSR count). The number of rotatable bonds is 9. The number of hydrogen-bond acceptors (Lipinski definition) is 5. The van der Waals surface area contributed by atoms with E-state index in [9.17, 15) is 10.2 Å². The summed E-state index contributed by atoms with van der Waals surface area (Å²) in [6.07, 6.45) is 1.33. The Morgan fingerprint density at radius 1 is 1.48 bits per heavy atom. The van der Waals surface area contributed by atoms with Crippen molar-refractivity contribution in [3.63, 3.8) is 0 Å². The number of thioether (sulfide) groups is 1. The molecule has 0 spiro atoms. The van der Waals surface area contributed by atoms with Crippen LogP contribution < -0.4 is 10.1 Å². The molecule has 0 bridgehead atoms. The molecule has 0 fully saturated rings. The van der Waals surface area contributed by atoms with Crippen molar-refractivity contribution < 1.29 is 14.9 Å². The molecule has 120 valence electrons. The zero-order chi connectivity index (χ0) is 15.9. The third-order valence-corrected chi connectivity index (χ3v) is 4.39. The van der Waals surface area contributed by atoms with Gasteiger partial charge in [-0.2, -0.15) is 11.8 Å². The molecule has 1 aromatic rings. The van der Waals surface area contributed by atoms with Crippen molar-refractivity contribution in [2.24, 2.45) is 0 Å². The van der Waals surface area contributed by atoms with E-state index in [-0.39, 0.29) is 6.61 Å². The molecular weight excluding hydrogens is 354 g/mol. The van der Waals surface area contributed by atoms with Crippen molar-refractivity contribution in [3.8, 4) is 5.75 Å². The van der Waals surface area contributed by atoms with E-state index in [2.05, 4.69) is 21.2 Å². The van der Waals surface area contributed by atoms with Gasteiger partial charge in [-0.25, -0.2) is 0 Å². The van der Waals surface area contributed by atoms with E-state index >= 15 is 0 Å². The normalized spacial score (nSPS) is 15.5. The maximum atomic E-state index is 10.00. The summed E-state index contributed by atoms with van der Waals surface area (Å²) < 4.78 is 6.46. The Morgan fingerprint density at radius 3 is 2.81 bits per heavy atom. The van der Waals surface area contributed by atoms with Gasteiger partial charge in [-0.1, -0.05) is 6.07 Å². The van der Waals surface area contributed by atoms with Crippen molar-refractivity contribution in [1.29, 1.82) is 0 Å². The average molecular weight is 378 g/mol. The number of aliphatic hydroxyl groups excluding tert-OH is 1. The van der Waals surface area contributed by atoms with E-state index in [1.54, 1.807) is 18.7 Å². The van der Waals surface area contributed by atoms with Crippen molar-refractivity contribution in [1.82, 2.24) is 5.32 Å². The SMILES string of the molecule is CSCC(C)(O)CNCC(O)COc1ccc(C)cc1Br. The first-order chi connectivity index (χ1) is 9.84. The molecule has 0 radical (unpaired) electrons. The smallest absolute Gasteiger partial charge is 0.133 e. The minimum Gasteiger partial charge on any atom is -0.490 e. The van der Waals surface area contributed by atoms with Crippen LogP contribution in [-0.4, -0.2) is 53.6 Å². The molecule has 21 heavy (non-hydrogen) atoms.